The van der Waals surface area contributed by atoms with Crippen molar-refractivity contribution in [1.82, 2.24) is 10.3 Å². The van der Waals surface area contributed by atoms with E-state index in [2.05, 4.69) is 58.0 Å². The molecule has 1 aliphatic rings. The number of anilines is 1. The molecule has 1 N–H and O–H groups in total. The van der Waals surface area contributed by atoms with Crippen molar-refractivity contribution in [3.05, 3.63) is 22.9 Å². The summed E-state index contributed by atoms with van der Waals surface area (Å²) in [6.45, 7) is 10.1. The van der Waals surface area contributed by atoms with Gasteiger partial charge < -0.3 is 10.2 Å². The third kappa shape index (κ3) is 3.45. The lowest BCUT2D eigenvalue weighted by molar-refractivity contribution is 0.280. The van der Waals surface area contributed by atoms with Gasteiger partial charge >= 0.3 is 0 Å². The lowest BCUT2D eigenvalue weighted by atomic mass is 9.86. The molecular formula is C14H22BrN3. The van der Waals surface area contributed by atoms with Crippen molar-refractivity contribution < 1.29 is 0 Å². The number of aromatic nitrogens is 1. The van der Waals surface area contributed by atoms with Gasteiger partial charge in [0, 0.05) is 29.8 Å². The molecule has 3 nitrogen and oxygen atoms in total. The molecule has 18 heavy (non-hydrogen) atoms. The van der Waals surface area contributed by atoms with Crippen molar-refractivity contribution >= 4 is 21.6 Å². The summed E-state index contributed by atoms with van der Waals surface area (Å²) < 4.78 is 1.05. The summed E-state index contributed by atoms with van der Waals surface area (Å²) in [6, 6.07) is 2.66. The molecule has 0 radical (unpaired) electrons. The fourth-order valence-electron chi connectivity index (χ4n) is 2.31. The van der Waals surface area contributed by atoms with Crippen molar-refractivity contribution in [1.29, 1.82) is 0 Å². The number of nitrogens with zero attached hydrogens (tertiary/aromatic N) is 2. The SMILES string of the molecule is CC(C)(C)C1CN(c2cncc(Br)c2)CCCN1. The molecule has 1 saturated heterocycles. The highest BCUT2D eigenvalue weighted by atomic mass is 79.9. The molecule has 0 amide bonds. The van der Waals surface area contributed by atoms with Gasteiger partial charge in [0.1, 0.15) is 0 Å². The molecule has 1 aromatic heterocycles. The first-order valence-electron chi connectivity index (χ1n) is 6.56. The van der Waals surface area contributed by atoms with E-state index in [1.165, 1.54) is 12.1 Å². The van der Waals surface area contributed by atoms with E-state index >= 15 is 0 Å². The third-order valence-corrected chi connectivity index (χ3v) is 3.93. The topological polar surface area (TPSA) is 28.2 Å². The molecule has 2 rings (SSSR count). The highest BCUT2D eigenvalue weighted by Crippen LogP contribution is 2.25. The van der Waals surface area contributed by atoms with Gasteiger partial charge in [0.25, 0.3) is 0 Å². The fraction of sp³-hybridized carbons (Fsp3) is 0.643. The molecule has 1 fully saturated rings. The van der Waals surface area contributed by atoms with Crippen molar-refractivity contribution in [2.75, 3.05) is 24.5 Å². The summed E-state index contributed by atoms with van der Waals surface area (Å²) in [5.74, 6) is 0. The maximum absolute atomic E-state index is 4.27. The smallest absolute Gasteiger partial charge is 0.0564 e. The Kier molecular flexibility index (Phi) is 4.28. The molecule has 2 heterocycles. The predicted octanol–water partition coefficient (Wildman–Crippen LogP) is 3.06. The van der Waals surface area contributed by atoms with Crippen LogP contribution in [0.15, 0.2) is 22.9 Å². The zero-order valence-electron chi connectivity index (χ0n) is 11.4. The molecule has 1 aromatic rings. The summed E-state index contributed by atoms with van der Waals surface area (Å²) in [4.78, 5) is 6.71. The van der Waals surface area contributed by atoms with Crippen LogP contribution in [0.2, 0.25) is 0 Å². The molecule has 0 bridgehead atoms. The maximum Gasteiger partial charge on any atom is 0.0564 e. The van der Waals surface area contributed by atoms with E-state index < -0.39 is 0 Å². The number of hydrogen-bond acceptors (Lipinski definition) is 3. The second-order valence-electron chi connectivity index (χ2n) is 6.03. The minimum atomic E-state index is 0.280. The minimum absolute atomic E-state index is 0.280. The first kappa shape index (κ1) is 13.8. The quantitative estimate of drug-likeness (QED) is 0.864. The Balaban J connectivity index is 2.17. The summed E-state index contributed by atoms with van der Waals surface area (Å²) >= 11 is 3.50. The van der Waals surface area contributed by atoms with Gasteiger partial charge in [-0.25, -0.2) is 0 Å². The number of nitrogens with one attached hydrogen (secondary N) is 1. The molecule has 0 aromatic carbocycles. The lowest BCUT2D eigenvalue weighted by Gasteiger charge is -2.34. The monoisotopic (exact) mass is 311 g/mol. The second kappa shape index (κ2) is 5.57. The summed E-state index contributed by atoms with van der Waals surface area (Å²) in [7, 11) is 0. The van der Waals surface area contributed by atoms with Crippen LogP contribution in [0.25, 0.3) is 0 Å². The Morgan fingerprint density at radius 1 is 1.39 bits per heavy atom. The van der Waals surface area contributed by atoms with Gasteiger partial charge in [-0.1, -0.05) is 20.8 Å². The fourth-order valence-corrected chi connectivity index (χ4v) is 2.66. The normalized spacial score (nSPS) is 21.8. The van der Waals surface area contributed by atoms with Crippen molar-refractivity contribution in [3.63, 3.8) is 0 Å². The Bertz CT molecular complexity index is 400. The van der Waals surface area contributed by atoms with Gasteiger partial charge in [-0.15, -0.1) is 0 Å². The van der Waals surface area contributed by atoms with Crippen LogP contribution in [0.5, 0.6) is 0 Å². The van der Waals surface area contributed by atoms with Crippen LogP contribution in [-0.2, 0) is 0 Å². The summed E-state index contributed by atoms with van der Waals surface area (Å²) in [5.41, 5.74) is 1.49. The molecule has 0 aliphatic carbocycles. The average Bonchev–Trinajstić information content (AvgIpc) is 2.53. The van der Waals surface area contributed by atoms with Gasteiger partial charge in [-0.2, -0.15) is 0 Å². The number of halogens is 1. The van der Waals surface area contributed by atoms with Crippen molar-refractivity contribution in [3.8, 4) is 0 Å². The van der Waals surface area contributed by atoms with Crippen molar-refractivity contribution in [2.45, 2.75) is 33.2 Å². The van der Waals surface area contributed by atoms with Crippen LogP contribution < -0.4 is 10.2 Å². The predicted molar refractivity (Wildman–Crippen MR) is 80.0 cm³/mol. The van der Waals surface area contributed by atoms with Gasteiger partial charge in [0.2, 0.25) is 0 Å². The van der Waals surface area contributed by atoms with Crippen LogP contribution in [-0.4, -0.2) is 30.7 Å². The van der Waals surface area contributed by atoms with E-state index in [0.29, 0.717) is 6.04 Å². The van der Waals surface area contributed by atoms with E-state index in [1.807, 2.05) is 12.4 Å². The molecule has 4 heteroatoms. The first-order valence-corrected chi connectivity index (χ1v) is 7.35. The molecule has 1 aliphatic heterocycles. The van der Waals surface area contributed by atoms with E-state index in [1.54, 1.807) is 0 Å². The molecule has 1 atom stereocenters. The standard InChI is InChI=1S/C14H22BrN3/c1-14(2,3)13-10-18(6-4-5-17-13)12-7-11(15)8-16-9-12/h7-9,13,17H,4-6,10H2,1-3H3. The summed E-state index contributed by atoms with van der Waals surface area (Å²) in [6.07, 6.45) is 4.97. The Morgan fingerprint density at radius 2 is 2.17 bits per heavy atom. The lowest BCUT2D eigenvalue weighted by Crippen LogP contribution is -2.46. The number of hydrogen-bond donors (Lipinski definition) is 1. The van der Waals surface area contributed by atoms with Crippen LogP contribution >= 0.6 is 15.9 Å². The zero-order valence-corrected chi connectivity index (χ0v) is 13.0. The van der Waals surface area contributed by atoms with Crippen LogP contribution in [0.3, 0.4) is 0 Å². The van der Waals surface area contributed by atoms with Crippen LogP contribution in [0.1, 0.15) is 27.2 Å². The molecule has 0 spiro atoms. The second-order valence-corrected chi connectivity index (χ2v) is 6.95. The highest BCUT2D eigenvalue weighted by molar-refractivity contribution is 9.10. The Labute approximate surface area is 118 Å². The van der Waals surface area contributed by atoms with Crippen LogP contribution in [0, 0.1) is 5.41 Å². The highest BCUT2D eigenvalue weighted by Gasteiger charge is 2.28. The Morgan fingerprint density at radius 3 is 2.83 bits per heavy atom. The molecular weight excluding hydrogens is 290 g/mol. The van der Waals surface area contributed by atoms with E-state index in [4.69, 9.17) is 0 Å². The van der Waals surface area contributed by atoms with Crippen LogP contribution in [0.4, 0.5) is 5.69 Å². The van der Waals surface area contributed by atoms with Gasteiger partial charge in [0.15, 0.2) is 0 Å². The van der Waals surface area contributed by atoms with E-state index in [9.17, 15) is 0 Å². The van der Waals surface area contributed by atoms with Crippen molar-refractivity contribution in [2.24, 2.45) is 5.41 Å². The number of pyridine rings is 1. The molecule has 100 valence electrons. The third-order valence-electron chi connectivity index (χ3n) is 3.50. The summed E-state index contributed by atoms with van der Waals surface area (Å²) in [5, 5.41) is 3.66. The van der Waals surface area contributed by atoms with E-state index in [-0.39, 0.29) is 5.41 Å². The minimum Gasteiger partial charge on any atom is -0.369 e. The van der Waals surface area contributed by atoms with E-state index in [0.717, 1.165) is 24.1 Å². The first-order chi connectivity index (χ1) is 8.47. The van der Waals surface area contributed by atoms with Gasteiger partial charge in [-0.05, 0) is 40.4 Å². The average molecular weight is 312 g/mol. The molecule has 1 unspecified atom stereocenters. The van der Waals surface area contributed by atoms with Gasteiger partial charge in [-0.3, -0.25) is 4.98 Å². The van der Waals surface area contributed by atoms with Gasteiger partial charge in [0.05, 0.1) is 11.9 Å². The Hall–Kier alpha value is -0.610. The largest absolute Gasteiger partial charge is 0.369 e. The maximum atomic E-state index is 4.27. The number of rotatable bonds is 1. The zero-order chi connectivity index (χ0) is 13.2. The molecule has 0 saturated carbocycles.